The molecule has 0 unspecified atom stereocenters. The quantitative estimate of drug-likeness (QED) is 0.493. The van der Waals surface area contributed by atoms with Crippen LogP contribution in [0.25, 0.3) is 0 Å². The molecule has 0 spiro atoms. The van der Waals surface area contributed by atoms with E-state index in [1.54, 1.807) is 0 Å². The summed E-state index contributed by atoms with van der Waals surface area (Å²) in [6, 6.07) is 0. The standard InChI is InChI=1S/C5H11N/c1-3-5(2)4-6/h4-6H,3H2,1-2H3/t5-/m0/s1. The third-order valence-corrected chi connectivity index (χ3v) is 0.928. The van der Waals surface area contributed by atoms with Crippen LogP contribution in [-0.4, -0.2) is 6.21 Å². The van der Waals surface area contributed by atoms with Crippen molar-refractivity contribution in [3.8, 4) is 0 Å². The van der Waals surface area contributed by atoms with Gasteiger partial charge in [-0.2, -0.15) is 0 Å². The van der Waals surface area contributed by atoms with Crippen LogP contribution in [-0.2, 0) is 0 Å². The molecule has 0 aromatic heterocycles. The zero-order valence-corrected chi connectivity index (χ0v) is 4.36. The molecule has 1 nitrogen and oxygen atoms in total. The molecular formula is C5H11N. The Morgan fingerprint density at radius 2 is 2.33 bits per heavy atom. The van der Waals surface area contributed by atoms with E-state index in [0.29, 0.717) is 5.92 Å². The van der Waals surface area contributed by atoms with Gasteiger partial charge in [0.1, 0.15) is 0 Å². The maximum Gasteiger partial charge on any atom is -0.00196 e. The van der Waals surface area contributed by atoms with Gasteiger partial charge in [-0.1, -0.05) is 13.8 Å². The Bertz CT molecular complexity index is 41.2. The van der Waals surface area contributed by atoms with Gasteiger partial charge in [-0.25, -0.2) is 0 Å². The molecule has 0 aliphatic heterocycles. The molecule has 0 aromatic rings. The van der Waals surface area contributed by atoms with E-state index in [1.165, 1.54) is 6.21 Å². The van der Waals surface area contributed by atoms with E-state index < -0.39 is 0 Å². The molecule has 1 heteroatoms. The molecule has 0 saturated carbocycles. The molecule has 0 aliphatic rings. The molecule has 0 rings (SSSR count). The SMILES string of the molecule is CC[C@H](C)C=N. The van der Waals surface area contributed by atoms with Gasteiger partial charge in [0.2, 0.25) is 0 Å². The molecule has 0 fully saturated rings. The molecule has 0 saturated heterocycles. The smallest absolute Gasteiger partial charge is 0.00196 e. The van der Waals surface area contributed by atoms with Gasteiger partial charge in [0.15, 0.2) is 0 Å². The zero-order valence-electron chi connectivity index (χ0n) is 4.36. The average Bonchev–Trinajstić information content (AvgIpc) is 1.65. The Kier molecular flexibility index (Phi) is 2.73. The lowest BCUT2D eigenvalue weighted by atomic mass is 10.1. The van der Waals surface area contributed by atoms with Gasteiger partial charge in [-0.05, 0) is 18.6 Å². The second kappa shape index (κ2) is 2.88. The summed E-state index contributed by atoms with van der Waals surface area (Å²) in [6.45, 7) is 4.11. The van der Waals surface area contributed by atoms with Crippen molar-refractivity contribution < 1.29 is 0 Å². The molecule has 1 N–H and O–H groups in total. The second-order valence-corrected chi connectivity index (χ2v) is 1.55. The van der Waals surface area contributed by atoms with Crippen molar-refractivity contribution in [2.24, 2.45) is 5.92 Å². The van der Waals surface area contributed by atoms with E-state index in [-0.39, 0.29) is 0 Å². The average molecular weight is 85.1 g/mol. The lowest BCUT2D eigenvalue weighted by Gasteiger charge is -1.92. The summed E-state index contributed by atoms with van der Waals surface area (Å²) in [5, 5.41) is 6.68. The first-order valence-electron chi connectivity index (χ1n) is 2.31. The van der Waals surface area contributed by atoms with Crippen molar-refractivity contribution in [2.45, 2.75) is 20.3 Å². The van der Waals surface area contributed by atoms with Crippen molar-refractivity contribution in [3.05, 3.63) is 0 Å². The minimum Gasteiger partial charge on any atom is -0.313 e. The molecule has 6 heavy (non-hydrogen) atoms. The predicted molar refractivity (Wildman–Crippen MR) is 28.2 cm³/mol. The third kappa shape index (κ3) is 1.94. The van der Waals surface area contributed by atoms with Crippen LogP contribution in [0.3, 0.4) is 0 Å². The summed E-state index contributed by atoms with van der Waals surface area (Å²) >= 11 is 0. The number of rotatable bonds is 2. The first-order chi connectivity index (χ1) is 2.81. The van der Waals surface area contributed by atoms with Gasteiger partial charge in [0, 0.05) is 0 Å². The highest BCUT2D eigenvalue weighted by atomic mass is 14.3. The van der Waals surface area contributed by atoms with Crippen molar-refractivity contribution in [1.82, 2.24) is 0 Å². The first-order valence-corrected chi connectivity index (χ1v) is 2.31. The fourth-order valence-electron chi connectivity index (χ4n) is 0.118. The van der Waals surface area contributed by atoms with E-state index in [9.17, 15) is 0 Å². The van der Waals surface area contributed by atoms with E-state index in [4.69, 9.17) is 5.41 Å². The van der Waals surface area contributed by atoms with Gasteiger partial charge in [-0.15, -0.1) is 0 Å². The maximum atomic E-state index is 6.68. The molecule has 0 amide bonds. The normalized spacial score (nSPS) is 13.7. The molecule has 0 bridgehead atoms. The molecular weight excluding hydrogens is 74.1 g/mol. The van der Waals surface area contributed by atoms with Crippen LogP contribution in [0.4, 0.5) is 0 Å². The Balaban J connectivity index is 2.96. The first kappa shape index (κ1) is 5.67. The topological polar surface area (TPSA) is 23.9 Å². The van der Waals surface area contributed by atoms with Crippen LogP contribution in [0, 0.1) is 11.3 Å². The fourth-order valence-corrected chi connectivity index (χ4v) is 0.118. The highest BCUT2D eigenvalue weighted by molar-refractivity contribution is 5.55. The molecule has 0 heterocycles. The van der Waals surface area contributed by atoms with E-state index in [0.717, 1.165) is 6.42 Å². The lowest BCUT2D eigenvalue weighted by molar-refractivity contribution is 0.751. The fraction of sp³-hybridized carbons (Fsp3) is 0.800. The van der Waals surface area contributed by atoms with Crippen molar-refractivity contribution >= 4 is 6.21 Å². The monoisotopic (exact) mass is 85.1 g/mol. The summed E-state index contributed by atoms with van der Waals surface area (Å²) < 4.78 is 0. The van der Waals surface area contributed by atoms with Gasteiger partial charge in [0.05, 0.1) is 0 Å². The van der Waals surface area contributed by atoms with Crippen LogP contribution in [0.15, 0.2) is 0 Å². The van der Waals surface area contributed by atoms with Crippen molar-refractivity contribution in [1.29, 1.82) is 5.41 Å². The Hall–Kier alpha value is -0.330. The van der Waals surface area contributed by atoms with Crippen LogP contribution in [0.5, 0.6) is 0 Å². The zero-order chi connectivity index (χ0) is 4.99. The van der Waals surface area contributed by atoms with E-state index >= 15 is 0 Å². The van der Waals surface area contributed by atoms with E-state index in [1.807, 2.05) is 6.92 Å². The molecule has 36 valence electrons. The minimum atomic E-state index is 0.477. The largest absolute Gasteiger partial charge is 0.313 e. The molecule has 0 aliphatic carbocycles. The predicted octanol–water partition coefficient (Wildman–Crippen LogP) is 1.68. The van der Waals surface area contributed by atoms with Gasteiger partial charge >= 0.3 is 0 Å². The van der Waals surface area contributed by atoms with Crippen LogP contribution < -0.4 is 0 Å². The number of nitrogens with one attached hydrogen (secondary N) is 1. The number of hydrogen-bond acceptors (Lipinski definition) is 1. The summed E-state index contributed by atoms with van der Waals surface area (Å²) in [6.07, 6.45) is 2.56. The number of hydrogen-bond donors (Lipinski definition) is 1. The summed E-state index contributed by atoms with van der Waals surface area (Å²) in [4.78, 5) is 0. The van der Waals surface area contributed by atoms with E-state index in [2.05, 4.69) is 6.92 Å². The van der Waals surface area contributed by atoms with Crippen molar-refractivity contribution in [3.63, 3.8) is 0 Å². The van der Waals surface area contributed by atoms with Crippen LogP contribution in [0.1, 0.15) is 20.3 Å². The lowest BCUT2D eigenvalue weighted by Crippen LogP contribution is -1.88. The third-order valence-electron chi connectivity index (χ3n) is 0.928. The summed E-state index contributed by atoms with van der Waals surface area (Å²) in [7, 11) is 0. The molecule has 0 radical (unpaired) electrons. The molecule has 0 aromatic carbocycles. The van der Waals surface area contributed by atoms with Crippen LogP contribution in [0.2, 0.25) is 0 Å². The van der Waals surface area contributed by atoms with Crippen molar-refractivity contribution in [2.75, 3.05) is 0 Å². The second-order valence-electron chi connectivity index (χ2n) is 1.55. The maximum absolute atomic E-state index is 6.68. The molecule has 1 atom stereocenters. The Morgan fingerprint density at radius 3 is 2.33 bits per heavy atom. The van der Waals surface area contributed by atoms with Crippen LogP contribution >= 0.6 is 0 Å². The van der Waals surface area contributed by atoms with Gasteiger partial charge in [0.25, 0.3) is 0 Å². The summed E-state index contributed by atoms with van der Waals surface area (Å²) in [5.41, 5.74) is 0. The Morgan fingerprint density at radius 1 is 1.83 bits per heavy atom. The highest BCUT2D eigenvalue weighted by Crippen LogP contribution is 1.92. The minimum absolute atomic E-state index is 0.477. The van der Waals surface area contributed by atoms with Gasteiger partial charge in [-0.3, -0.25) is 0 Å². The Labute approximate surface area is 38.9 Å². The van der Waals surface area contributed by atoms with Gasteiger partial charge < -0.3 is 5.41 Å². The summed E-state index contributed by atoms with van der Waals surface area (Å²) in [5.74, 6) is 0.477. The highest BCUT2D eigenvalue weighted by Gasteiger charge is 1.86.